The Morgan fingerprint density at radius 3 is 2.68 bits per heavy atom. The van der Waals surface area contributed by atoms with Crippen LogP contribution in [0.3, 0.4) is 0 Å². The number of aliphatic imine (C=N–C) groups is 1. The minimum atomic E-state index is -0.724. The van der Waals surface area contributed by atoms with Gasteiger partial charge >= 0.3 is 0 Å². The Hall–Kier alpha value is -1.11. The molecular formula is C18H36N4O2S. The van der Waals surface area contributed by atoms with Crippen molar-refractivity contribution < 1.29 is 9.00 Å². The fourth-order valence-corrected chi connectivity index (χ4v) is 4.33. The second kappa shape index (κ2) is 12.3. The lowest BCUT2D eigenvalue weighted by atomic mass is 9.95. The first kappa shape index (κ1) is 21.9. The highest BCUT2D eigenvalue weighted by Gasteiger charge is 2.26. The van der Waals surface area contributed by atoms with Crippen LogP contribution in [0.4, 0.5) is 0 Å². The lowest BCUT2D eigenvalue weighted by molar-refractivity contribution is -0.121. The summed E-state index contributed by atoms with van der Waals surface area (Å²) in [6.45, 7) is 9.33. The molecule has 0 aromatic heterocycles. The largest absolute Gasteiger partial charge is 0.357 e. The lowest BCUT2D eigenvalue weighted by Crippen LogP contribution is -2.46. The summed E-state index contributed by atoms with van der Waals surface area (Å²) in [6, 6.07) is 0.516. The molecular weight excluding hydrogens is 336 g/mol. The molecule has 4 atom stereocenters. The van der Waals surface area contributed by atoms with E-state index in [4.69, 9.17) is 0 Å². The first-order chi connectivity index (χ1) is 12.0. The fourth-order valence-electron chi connectivity index (χ4n) is 2.98. The maximum atomic E-state index is 12.1. The standard InChI is InChI=1S/C18H36N4O2S/c1-5-14(4)21-17(23)11-12-20-18(19-6-2)22-15-9-8-10-16(13-15)25(24)7-3/h14-16H,5-13H2,1-4H3,(H,21,23)(H2,19,20,22). The average Bonchev–Trinajstić information content (AvgIpc) is 2.61. The molecule has 1 aliphatic carbocycles. The van der Waals surface area contributed by atoms with Crippen LogP contribution in [0.15, 0.2) is 4.99 Å². The van der Waals surface area contributed by atoms with E-state index in [2.05, 4.69) is 27.9 Å². The molecule has 25 heavy (non-hydrogen) atoms. The molecule has 0 aromatic rings. The first-order valence-electron chi connectivity index (χ1n) is 9.71. The molecule has 1 amide bonds. The third-order valence-electron chi connectivity index (χ3n) is 4.60. The molecule has 0 aliphatic heterocycles. The van der Waals surface area contributed by atoms with Crippen molar-refractivity contribution in [3.05, 3.63) is 0 Å². The summed E-state index contributed by atoms with van der Waals surface area (Å²) in [4.78, 5) is 16.4. The number of carbonyl (C=O) groups excluding carboxylic acids is 1. The van der Waals surface area contributed by atoms with Crippen LogP contribution in [0, 0.1) is 0 Å². The molecule has 1 fully saturated rings. The molecule has 0 spiro atoms. The predicted molar refractivity (Wildman–Crippen MR) is 106 cm³/mol. The van der Waals surface area contributed by atoms with E-state index in [0.717, 1.165) is 50.4 Å². The van der Waals surface area contributed by atoms with Crippen LogP contribution < -0.4 is 16.0 Å². The number of rotatable bonds is 9. The van der Waals surface area contributed by atoms with E-state index in [1.165, 1.54) is 0 Å². The number of nitrogens with one attached hydrogen (secondary N) is 3. The number of hydrogen-bond donors (Lipinski definition) is 3. The fraction of sp³-hybridized carbons (Fsp3) is 0.889. The zero-order chi connectivity index (χ0) is 18.7. The highest BCUT2D eigenvalue weighted by atomic mass is 32.2. The van der Waals surface area contributed by atoms with E-state index < -0.39 is 10.8 Å². The van der Waals surface area contributed by atoms with Gasteiger partial charge in [0.1, 0.15) is 0 Å². The van der Waals surface area contributed by atoms with Gasteiger partial charge in [-0.25, -0.2) is 0 Å². The number of amides is 1. The van der Waals surface area contributed by atoms with E-state index in [-0.39, 0.29) is 11.9 Å². The first-order valence-corrected chi connectivity index (χ1v) is 11.1. The SMILES string of the molecule is CCNC(=NCCC(=O)NC(C)CC)NC1CCCC(S(=O)CC)C1. The van der Waals surface area contributed by atoms with Gasteiger partial charge in [-0.3, -0.25) is 14.0 Å². The van der Waals surface area contributed by atoms with Crippen molar-refractivity contribution >= 4 is 22.7 Å². The number of carbonyl (C=O) groups is 1. The van der Waals surface area contributed by atoms with Crippen LogP contribution in [0.1, 0.15) is 66.2 Å². The zero-order valence-corrected chi connectivity index (χ0v) is 17.1. The Morgan fingerprint density at radius 1 is 1.28 bits per heavy atom. The van der Waals surface area contributed by atoms with Gasteiger partial charge in [0.05, 0.1) is 6.54 Å². The second-order valence-electron chi connectivity index (χ2n) is 6.69. The van der Waals surface area contributed by atoms with Crippen molar-refractivity contribution in [3.63, 3.8) is 0 Å². The number of guanidine groups is 1. The van der Waals surface area contributed by atoms with Crippen molar-refractivity contribution in [2.45, 2.75) is 83.6 Å². The zero-order valence-electron chi connectivity index (χ0n) is 16.3. The van der Waals surface area contributed by atoms with E-state index in [0.29, 0.717) is 24.3 Å². The summed E-state index contributed by atoms with van der Waals surface area (Å²) >= 11 is 0. The van der Waals surface area contributed by atoms with Gasteiger partial charge in [0.25, 0.3) is 0 Å². The van der Waals surface area contributed by atoms with Crippen molar-refractivity contribution in [3.8, 4) is 0 Å². The summed E-state index contributed by atoms with van der Waals surface area (Å²) in [7, 11) is -0.724. The molecule has 146 valence electrons. The molecule has 3 N–H and O–H groups in total. The van der Waals surface area contributed by atoms with Crippen LogP contribution >= 0.6 is 0 Å². The van der Waals surface area contributed by atoms with Crippen molar-refractivity contribution in [1.29, 1.82) is 0 Å². The lowest BCUT2D eigenvalue weighted by Gasteiger charge is -2.30. The summed E-state index contributed by atoms with van der Waals surface area (Å²) in [5.41, 5.74) is 0. The Balaban J connectivity index is 2.49. The van der Waals surface area contributed by atoms with Crippen LogP contribution in [0.2, 0.25) is 0 Å². The van der Waals surface area contributed by atoms with Crippen LogP contribution in [0.5, 0.6) is 0 Å². The van der Waals surface area contributed by atoms with Gasteiger partial charge in [0.15, 0.2) is 5.96 Å². The van der Waals surface area contributed by atoms with Gasteiger partial charge in [0, 0.05) is 46.9 Å². The quantitative estimate of drug-likeness (QED) is 0.427. The topological polar surface area (TPSA) is 82.6 Å². The van der Waals surface area contributed by atoms with Crippen LogP contribution in [-0.2, 0) is 15.6 Å². The monoisotopic (exact) mass is 372 g/mol. The molecule has 1 aliphatic rings. The van der Waals surface area contributed by atoms with Gasteiger partial charge in [-0.15, -0.1) is 0 Å². The smallest absolute Gasteiger partial charge is 0.222 e. The summed E-state index contributed by atoms with van der Waals surface area (Å²) in [5, 5.41) is 9.96. The molecule has 7 heteroatoms. The van der Waals surface area contributed by atoms with Crippen LogP contribution in [0.25, 0.3) is 0 Å². The third kappa shape index (κ3) is 8.70. The Labute approximate surface area is 155 Å². The highest BCUT2D eigenvalue weighted by Crippen LogP contribution is 2.22. The van der Waals surface area contributed by atoms with Gasteiger partial charge in [-0.1, -0.05) is 20.3 Å². The Morgan fingerprint density at radius 2 is 2.04 bits per heavy atom. The molecule has 0 saturated heterocycles. The Bertz CT molecular complexity index is 456. The molecule has 6 nitrogen and oxygen atoms in total. The van der Waals surface area contributed by atoms with Gasteiger partial charge in [-0.05, 0) is 39.5 Å². The minimum absolute atomic E-state index is 0.0463. The maximum absolute atomic E-state index is 12.1. The van der Waals surface area contributed by atoms with Gasteiger partial charge in [0.2, 0.25) is 5.91 Å². The molecule has 1 saturated carbocycles. The van der Waals surface area contributed by atoms with Crippen LogP contribution in [-0.4, -0.2) is 52.3 Å². The second-order valence-corrected chi connectivity index (χ2v) is 8.69. The predicted octanol–water partition coefficient (Wildman–Crippen LogP) is 1.93. The average molecular weight is 373 g/mol. The molecule has 0 radical (unpaired) electrons. The van der Waals surface area contributed by atoms with E-state index in [1.807, 2.05) is 20.8 Å². The molecule has 0 aromatic carbocycles. The maximum Gasteiger partial charge on any atom is 0.222 e. The van der Waals surface area contributed by atoms with Crippen molar-refractivity contribution in [2.75, 3.05) is 18.8 Å². The van der Waals surface area contributed by atoms with Gasteiger partial charge in [-0.2, -0.15) is 0 Å². The Kier molecular flexibility index (Phi) is 10.8. The van der Waals surface area contributed by atoms with Crippen molar-refractivity contribution in [2.24, 2.45) is 4.99 Å². The highest BCUT2D eigenvalue weighted by molar-refractivity contribution is 7.85. The number of nitrogens with zero attached hydrogens (tertiary/aromatic N) is 1. The molecule has 4 unspecified atom stereocenters. The number of hydrogen-bond acceptors (Lipinski definition) is 3. The molecule has 0 heterocycles. The minimum Gasteiger partial charge on any atom is -0.357 e. The normalized spacial score (nSPS) is 23.6. The summed E-state index contributed by atoms with van der Waals surface area (Å²) < 4.78 is 12.1. The van der Waals surface area contributed by atoms with E-state index in [1.54, 1.807) is 0 Å². The van der Waals surface area contributed by atoms with Gasteiger partial charge < -0.3 is 16.0 Å². The van der Waals surface area contributed by atoms with E-state index >= 15 is 0 Å². The molecule has 0 bridgehead atoms. The third-order valence-corrected chi connectivity index (χ3v) is 6.34. The summed E-state index contributed by atoms with van der Waals surface area (Å²) in [6.07, 6.45) is 5.50. The molecule has 1 rings (SSSR count). The van der Waals surface area contributed by atoms with E-state index in [9.17, 15) is 9.00 Å². The van der Waals surface area contributed by atoms with Crippen molar-refractivity contribution in [1.82, 2.24) is 16.0 Å². The summed E-state index contributed by atoms with van der Waals surface area (Å²) in [5.74, 6) is 1.54.